The van der Waals surface area contributed by atoms with Gasteiger partial charge in [0.2, 0.25) is 0 Å². The fraction of sp³-hybridized carbons (Fsp3) is 0.333. The third kappa shape index (κ3) is 5.06. The summed E-state index contributed by atoms with van der Waals surface area (Å²) in [5.41, 5.74) is -0.696. The topological polar surface area (TPSA) is 21.3 Å². The van der Waals surface area contributed by atoms with Crippen molar-refractivity contribution in [2.75, 3.05) is 6.54 Å². The zero-order valence-electron chi connectivity index (χ0n) is 11.5. The maximum atomic E-state index is 12.6. The number of nitrogens with one attached hydrogen (secondary N) is 1. The van der Waals surface area contributed by atoms with Crippen molar-refractivity contribution >= 4 is 11.3 Å². The van der Waals surface area contributed by atoms with E-state index in [0.29, 0.717) is 6.54 Å². The van der Waals surface area contributed by atoms with Gasteiger partial charge in [0.05, 0.1) is 5.56 Å². The van der Waals surface area contributed by atoms with Gasteiger partial charge in [0.25, 0.3) is 0 Å². The Bertz CT molecular complexity index is 554. The van der Waals surface area contributed by atoms with Crippen LogP contribution in [0.4, 0.5) is 13.2 Å². The first-order chi connectivity index (χ1) is 9.95. The van der Waals surface area contributed by atoms with Crippen molar-refractivity contribution in [3.8, 4) is 5.75 Å². The number of hydrogen-bond acceptors (Lipinski definition) is 3. The summed E-state index contributed by atoms with van der Waals surface area (Å²) in [5, 5.41) is 5.22. The van der Waals surface area contributed by atoms with Crippen molar-refractivity contribution in [3.63, 3.8) is 0 Å². The molecule has 2 nitrogen and oxygen atoms in total. The molecule has 6 heteroatoms. The fourth-order valence-corrected chi connectivity index (χ4v) is 2.51. The van der Waals surface area contributed by atoms with Crippen molar-refractivity contribution in [1.29, 1.82) is 0 Å². The molecule has 0 saturated carbocycles. The maximum absolute atomic E-state index is 12.6. The van der Waals surface area contributed by atoms with Crippen LogP contribution in [0.5, 0.6) is 5.75 Å². The molecule has 0 spiro atoms. The van der Waals surface area contributed by atoms with Crippen LogP contribution in [-0.2, 0) is 12.7 Å². The van der Waals surface area contributed by atoms with Gasteiger partial charge in [-0.2, -0.15) is 13.2 Å². The van der Waals surface area contributed by atoms with Gasteiger partial charge in [-0.15, -0.1) is 11.3 Å². The van der Waals surface area contributed by atoms with E-state index in [0.717, 1.165) is 18.7 Å². The second-order valence-electron chi connectivity index (χ2n) is 4.66. The minimum absolute atomic E-state index is 0.214. The molecule has 0 amide bonds. The van der Waals surface area contributed by atoms with Gasteiger partial charge in [0.15, 0.2) is 0 Å². The van der Waals surface area contributed by atoms with E-state index in [4.69, 9.17) is 4.74 Å². The second-order valence-corrected chi connectivity index (χ2v) is 5.70. The fourth-order valence-electron chi connectivity index (χ4n) is 1.83. The number of rotatable bonds is 6. The van der Waals surface area contributed by atoms with E-state index < -0.39 is 11.7 Å². The number of halogens is 3. The van der Waals surface area contributed by atoms with E-state index in [2.05, 4.69) is 5.32 Å². The lowest BCUT2D eigenvalue weighted by atomic mass is 10.2. The molecule has 0 aliphatic rings. The van der Waals surface area contributed by atoms with Crippen LogP contribution in [0, 0.1) is 0 Å². The van der Waals surface area contributed by atoms with E-state index in [1.807, 2.05) is 24.4 Å². The molecular formula is C15H16F3NOS. The first-order valence-corrected chi connectivity index (χ1v) is 7.40. The van der Waals surface area contributed by atoms with Gasteiger partial charge in [-0.1, -0.05) is 12.1 Å². The SMILES string of the molecule is CC(CNCc1cccs1)Oc1cccc(C(F)(F)F)c1. The molecule has 2 aromatic rings. The Morgan fingerprint density at radius 3 is 2.71 bits per heavy atom. The molecule has 1 aromatic heterocycles. The third-order valence-electron chi connectivity index (χ3n) is 2.81. The highest BCUT2D eigenvalue weighted by Gasteiger charge is 2.30. The van der Waals surface area contributed by atoms with E-state index >= 15 is 0 Å². The predicted molar refractivity (Wildman–Crippen MR) is 77.6 cm³/mol. The van der Waals surface area contributed by atoms with Crippen molar-refractivity contribution < 1.29 is 17.9 Å². The Morgan fingerprint density at radius 2 is 2.05 bits per heavy atom. The molecular weight excluding hydrogens is 299 g/mol. The third-order valence-corrected chi connectivity index (χ3v) is 3.69. The molecule has 2 rings (SSSR count). The number of thiophene rings is 1. The lowest BCUT2D eigenvalue weighted by Gasteiger charge is -2.16. The summed E-state index contributed by atoms with van der Waals surface area (Å²) < 4.78 is 43.3. The van der Waals surface area contributed by atoms with Crippen LogP contribution in [0.15, 0.2) is 41.8 Å². The van der Waals surface area contributed by atoms with Crippen molar-refractivity contribution in [3.05, 3.63) is 52.2 Å². The summed E-state index contributed by atoms with van der Waals surface area (Å²) in [7, 11) is 0. The number of alkyl halides is 3. The second kappa shape index (κ2) is 6.95. The molecule has 1 aromatic carbocycles. The van der Waals surface area contributed by atoms with Crippen molar-refractivity contribution in [2.24, 2.45) is 0 Å². The summed E-state index contributed by atoms with van der Waals surface area (Å²) in [4.78, 5) is 1.21. The van der Waals surface area contributed by atoms with Crippen LogP contribution in [0.2, 0.25) is 0 Å². The van der Waals surface area contributed by atoms with Gasteiger partial charge in [-0.25, -0.2) is 0 Å². The van der Waals surface area contributed by atoms with E-state index in [1.165, 1.54) is 17.0 Å². The van der Waals surface area contributed by atoms with Gasteiger partial charge in [-0.05, 0) is 36.6 Å². The van der Waals surface area contributed by atoms with E-state index in [9.17, 15) is 13.2 Å². The van der Waals surface area contributed by atoms with Crippen LogP contribution >= 0.6 is 11.3 Å². The highest BCUT2D eigenvalue weighted by molar-refractivity contribution is 7.09. The molecule has 0 bridgehead atoms. The van der Waals surface area contributed by atoms with E-state index in [-0.39, 0.29) is 11.9 Å². The van der Waals surface area contributed by atoms with Gasteiger partial charge >= 0.3 is 6.18 Å². The molecule has 1 N–H and O–H groups in total. The molecule has 0 aliphatic carbocycles. The average molecular weight is 315 g/mol. The van der Waals surface area contributed by atoms with E-state index in [1.54, 1.807) is 11.3 Å². The first-order valence-electron chi connectivity index (χ1n) is 6.52. The Kier molecular flexibility index (Phi) is 5.25. The standard InChI is InChI=1S/C15H16F3NOS/c1-11(9-19-10-14-6-3-7-21-14)20-13-5-2-4-12(8-13)15(16,17)18/h2-8,11,19H,9-10H2,1H3. The zero-order valence-corrected chi connectivity index (χ0v) is 12.3. The molecule has 21 heavy (non-hydrogen) atoms. The maximum Gasteiger partial charge on any atom is 0.416 e. The minimum atomic E-state index is -4.35. The van der Waals surface area contributed by atoms with Gasteiger partial charge in [0.1, 0.15) is 11.9 Å². The van der Waals surface area contributed by atoms with Gasteiger partial charge in [-0.3, -0.25) is 0 Å². The molecule has 0 aliphatic heterocycles. The summed E-state index contributed by atoms with van der Waals surface area (Å²) in [5.74, 6) is 0.232. The molecule has 1 unspecified atom stereocenters. The zero-order chi connectivity index (χ0) is 15.3. The van der Waals surface area contributed by atoms with Crippen LogP contribution in [0.25, 0.3) is 0 Å². The lowest BCUT2D eigenvalue weighted by molar-refractivity contribution is -0.137. The summed E-state index contributed by atoms with van der Waals surface area (Å²) in [6.45, 7) is 3.11. The van der Waals surface area contributed by atoms with Crippen LogP contribution in [-0.4, -0.2) is 12.6 Å². The Morgan fingerprint density at radius 1 is 1.24 bits per heavy atom. The largest absolute Gasteiger partial charge is 0.489 e. The van der Waals surface area contributed by atoms with Crippen LogP contribution in [0.3, 0.4) is 0 Å². The normalized spacial score (nSPS) is 13.1. The molecule has 0 saturated heterocycles. The summed E-state index contributed by atoms with van der Waals surface area (Å²) in [6, 6.07) is 8.94. The molecule has 1 heterocycles. The number of hydrogen-bond donors (Lipinski definition) is 1. The first kappa shape index (κ1) is 15.9. The van der Waals surface area contributed by atoms with Gasteiger partial charge in [0, 0.05) is 18.0 Å². The number of ether oxygens (including phenoxy) is 1. The monoisotopic (exact) mass is 315 g/mol. The number of benzene rings is 1. The lowest BCUT2D eigenvalue weighted by Crippen LogP contribution is -2.28. The smallest absolute Gasteiger partial charge is 0.416 e. The quantitative estimate of drug-likeness (QED) is 0.857. The van der Waals surface area contributed by atoms with Gasteiger partial charge < -0.3 is 10.1 Å². The Hall–Kier alpha value is -1.53. The Labute approximate surface area is 125 Å². The highest BCUT2D eigenvalue weighted by Crippen LogP contribution is 2.31. The summed E-state index contributed by atoms with van der Waals surface area (Å²) >= 11 is 1.65. The molecule has 114 valence electrons. The molecule has 0 radical (unpaired) electrons. The van der Waals surface area contributed by atoms with Crippen LogP contribution < -0.4 is 10.1 Å². The molecule has 0 fully saturated rings. The average Bonchev–Trinajstić information content (AvgIpc) is 2.91. The predicted octanol–water partition coefficient (Wildman–Crippen LogP) is 4.32. The van der Waals surface area contributed by atoms with Crippen LogP contribution in [0.1, 0.15) is 17.4 Å². The minimum Gasteiger partial charge on any atom is -0.489 e. The van der Waals surface area contributed by atoms with Crippen molar-refractivity contribution in [2.45, 2.75) is 25.7 Å². The Balaban J connectivity index is 1.83. The van der Waals surface area contributed by atoms with Crippen molar-refractivity contribution in [1.82, 2.24) is 5.32 Å². The highest BCUT2D eigenvalue weighted by atomic mass is 32.1. The molecule has 1 atom stereocenters. The summed E-state index contributed by atoms with van der Waals surface area (Å²) in [6.07, 6.45) is -4.56.